The number of hydrogen-bond acceptors (Lipinski definition) is 0. The Morgan fingerprint density at radius 1 is 0.500 bits per heavy atom. The summed E-state index contributed by atoms with van der Waals surface area (Å²) in [5.74, 6) is 0. The van der Waals surface area contributed by atoms with Gasteiger partial charge in [0, 0.05) is 0 Å². The van der Waals surface area contributed by atoms with E-state index < -0.39 is 0 Å². The molecule has 0 aliphatic heterocycles. The van der Waals surface area contributed by atoms with E-state index >= 15 is 0 Å². The molecular weight excluding hydrogens is 145 g/mol. The van der Waals surface area contributed by atoms with Crippen LogP contribution in [0.2, 0.25) is 0 Å². The fourth-order valence-corrected chi connectivity index (χ4v) is 0. The molecule has 0 nitrogen and oxygen atoms in total. The Morgan fingerprint density at radius 3 is 0.500 bits per heavy atom. The van der Waals surface area contributed by atoms with Gasteiger partial charge in [-0.05, 0) is 0 Å². The van der Waals surface area contributed by atoms with Crippen molar-refractivity contribution >= 4 is 45.5 Å². The monoisotopic (exact) mass is 145 g/mol. The predicted molar refractivity (Wildman–Crippen MR) is 5.75 cm³/mol. The SMILES string of the molecule is [F-].[F-].[F-].[Sr+2]. The second-order valence-electron chi connectivity index (χ2n) is 0. The van der Waals surface area contributed by atoms with Crippen molar-refractivity contribution in [2.24, 2.45) is 0 Å². The molecular formula is F3Sr-. The van der Waals surface area contributed by atoms with Gasteiger partial charge in [-0.25, -0.2) is 0 Å². The van der Waals surface area contributed by atoms with E-state index in [1.807, 2.05) is 0 Å². The first-order chi connectivity index (χ1) is 0. The molecule has 0 amide bonds. The minimum atomic E-state index is 0. The van der Waals surface area contributed by atoms with Crippen molar-refractivity contribution in [2.45, 2.75) is 0 Å². The first kappa shape index (κ1) is 59.5. The zero-order chi connectivity index (χ0) is 0. The van der Waals surface area contributed by atoms with Crippen LogP contribution in [0.15, 0.2) is 0 Å². The molecule has 0 atom stereocenters. The van der Waals surface area contributed by atoms with Crippen LogP contribution < -0.4 is 14.1 Å². The fraction of sp³-hybridized carbons (Fsp3) is 0. The largest absolute Gasteiger partial charge is 2.00 e. The third-order valence-electron chi connectivity index (χ3n) is 0. The summed E-state index contributed by atoms with van der Waals surface area (Å²) < 4.78 is 0. The van der Waals surface area contributed by atoms with Crippen molar-refractivity contribution in [1.82, 2.24) is 0 Å². The van der Waals surface area contributed by atoms with Crippen LogP contribution in [0.3, 0.4) is 0 Å². The van der Waals surface area contributed by atoms with Crippen LogP contribution in [0, 0.1) is 0 Å². The van der Waals surface area contributed by atoms with Gasteiger partial charge in [0.25, 0.3) is 0 Å². The van der Waals surface area contributed by atoms with Gasteiger partial charge in [-0.2, -0.15) is 0 Å². The predicted octanol–water partition coefficient (Wildman–Crippen LogP) is -9.37. The van der Waals surface area contributed by atoms with E-state index in [0.29, 0.717) is 0 Å². The Kier molecular flexibility index (Phi) is 421. The first-order valence-electron chi connectivity index (χ1n) is 0. The van der Waals surface area contributed by atoms with Gasteiger partial charge in [0.1, 0.15) is 0 Å². The summed E-state index contributed by atoms with van der Waals surface area (Å²) in [6, 6.07) is 0. The Balaban J connectivity index is 0. The quantitative estimate of drug-likeness (QED) is 0.297. The molecule has 0 saturated carbocycles. The third kappa shape index (κ3) is 10.4. The zero-order valence-corrected chi connectivity index (χ0v) is 5.32. The topological polar surface area (TPSA) is 0 Å². The molecule has 0 saturated heterocycles. The second-order valence-corrected chi connectivity index (χ2v) is 0. The normalized spacial score (nSPS) is 0. The molecule has 0 rings (SSSR count). The Labute approximate surface area is 58.9 Å². The van der Waals surface area contributed by atoms with E-state index in [2.05, 4.69) is 0 Å². The van der Waals surface area contributed by atoms with E-state index in [0.717, 1.165) is 0 Å². The fourth-order valence-electron chi connectivity index (χ4n) is 0. The van der Waals surface area contributed by atoms with Gasteiger partial charge in [0.05, 0.1) is 0 Å². The number of hydrogen-bond donors (Lipinski definition) is 0. The molecule has 0 aliphatic rings. The minimum Gasteiger partial charge on any atom is -1.00 e. The van der Waals surface area contributed by atoms with E-state index in [4.69, 9.17) is 0 Å². The summed E-state index contributed by atoms with van der Waals surface area (Å²) in [6.45, 7) is 0. The summed E-state index contributed by atoms with van der Waals surface area (Å²) in [4.78, 5) is 0. The van der Waals surface area contributed by atoms with E-state index in [1.165, 1.54) is 0 Å². The summed E-state index contributed by atoms with van der Waals surface area (Å²) in [6.07, 6.45) is 0. The van der Waals surface area contributed by atoms with Crippen molar-refractivity contribution in [3.63, 3.8) is 0 Å². The van der Waals surface area contributed by atoms with Crippen molar-refractivity contribution in [3.05, 3.63) is 0 Å². The number of halogens is 3. The first-order valence-corrected chi connectivity index (χ1v) is 0. The van der Waals surface area contributed by atoms with Crippen molar-refractivity contribution in [3.8, 4) is 0 Å². The van der Waals surface area contributed by atoms with Crippen LogP contribution in [0.4, 0.5) is 0 Å². The summed E-state index contributed by atoms with van der Waals surface area (Å²) in [7, 11) is 0. The van der Waals surface area contributed by atoms with Gasteiger partial charge in [-0.3, -0.25) is 0 Å². The molecule has 0 unspecified atom stereocenters. The molecule has 24 valence electrons. The molecule has 0 spiro atoms. The van der Waals surface area contributed by atoms with Gasteiger partial charge in [-0.1, -0.05) is 0 Å². The van der Waals surface area contributed by atoms with E-state index in [-0.39, 0.29) is 59.6 Å². The molecule has 4 heavy (non-hydrogen) atoms. The molecule has 0 aromatic carbocycles. The van der Waals surface area contributed by atoms with Crippen LogP contribution in [-0.2, 0) is 0 Å². The Hall–Kier alpha value is 1.27. The average Bonchev–Trinajstić information content (AvgIpc) is 0. The summed E-state index contributed by atoms with van der Waals surface area (Å²) in [5, 5.41) is 0. The molecule has 0 aromatic rings. The van der Waals surface area contributed by atoms with Gasteiger partial charge in [-0.15, -0.1) is 0 Å². The van der Waals surface area contributed by atoms with Crippen LogP contribution in [-0.4, -0.2) is 45.5 Å². The Bertz CT molecular complexity index is 3.25. The maximum absolute atomic E-state index is 0. The second kappa shape index (κ2) is 28.3. The van der Waals surface area contributed by atoms with Crippen molar-refractivity contribution < 1.29 is 14.1 Å². The summed E-state index contributed by atoms with van der Waals surface area (Å²) in [5.41, 5.74) is 0. The molecule has 0 aliphatic carbocycles. The molecule has 0 fully saturated rings. The maximum atomic E-state index is 0. The third-order valence-corrected chi connectivity index (χ3v) is 0. The van der Waals surface area contributed by atoms with Crippen LogP contribution >= 0.6 is 0 Å². The smallest absolute Gasteiger partial charge is 1.00 e. The zero-order valence-electron chi connectivity index (χ0n) is 1.84. The summed E-state index contributed by atoms with van der Waals surface area (Å²) >= 11 is 0. The van der Waals surface area contributed by atoms with Gasteiger partial charge in [0.2, 0.25) is 0 Å². The molecule has 0 radical (unpaired) electrons. The maximum Gasteiger partial charge on any atom is 2.00 e. The van der Waals surface area contributed by atoms with Gasteiger partial charge >= 0.3 is 45.5 Å². The molecule has 0 bridgehead atoms. The van der Waals surface area contributed by atoms with E-state index in [9.17, 15) is 0 Å². The minimum absolute atomic E-state index is 0. The van der Waals surface area contributed by atoms with Gasteiger partial charge < -0.3 is 14.1 Å². The van der Waals surface area contributed by atoms with Crippen LogP contribution in [0.5, 0.6) is 0 Å². The average molecular weight is 145 g/mol. The standard InChI is InChI=1S/3FH.Sr/h3*1H;/q;;;+2/p-3. The molecule has 0 heterocycles. The molecule has 4 heteroatoms. The van der Waals surface area contributed by atoms with Crippen molar-refractivity contribution in [2.75, 3.05) is 0 Å². The van der Waals surface area contributed by atoms with Crippen LogP contribution in [0.25, 0.3) is 0 Å². The van der Waals surface area contributed by atoms with Crippen LogP contribution in [0.1, 0.15) is 0 Å². The molecule has 0 aromatic heterocycles. The van der Waals surface area contributed by atoms with Crippen molar-refractivity contribution in [1.29, 1.82) is 0 Å². The van der Waals surface area contributed by atoms with E-state index in [1.54, 1.807) is 0 Å². The number of rotatable bonds is 0. The van der Waals surface area contributed by atoms with Gasteiger partial charge in [0.15, 0.2) is 0 Å². The molecule has 0 N–H and O–H groups in total. The Morgan fingerprint density at radius 2 is 0.500 bits per heavy atom.